The highest BCUT2D eigenvalue weighted by atomic mass is 15.1. The standard InChI is InChI=1S/C11H14N2/c1-4-13-9(3)12-10-7-5-6-8(2)11(10)13/h5-7H,4H2,1-3H3. The van der Waals surface area contributed by atoms with Crippen LogP contribution in [0.4, 0.5) is 0 Å². The van der Waals surface area contributed by atoms with Crippen LogP contribution in [0.15, 0.2) is 18.2 Å². The molecule has 0 spiro atoms. The Morgan fingerprint density at radius 2 is 2.08 bits per heavy atom. The SMILES string of the molecule is CCn1c(C)nc2cccc(C)c21. The monoisotopic (exact) mass is 174 g/mol. The summed E-state index contributed by atoms with van der Waals surface area (Å²) in [4.78, 5) is 4.51. The van der Waals surface area contributed by atoms with Gasteiger partial charge in [0.05, 0.1) is 11.0 Å². The largest absolute Gasteiger partial charge is 0.328 e. The van der Waals surface area contributed by atoms with Gasteiger partial charge in [-0.1, -0.05) is 12.1 Å². The van der Waals surface area contributed by atoms with Crippen LogP contribution in [-0.4, -0.2) is 9.55 Å². The number of imidazole rings is 1. The van der Waals surface area contributed by atoms with Gasteiger partial charge in [-0.3, -0.25) is 0 Å². The second kappa shape index (κ2) is 2.87. The zero-order chi connectivity index (χ0) is 9.42. The molecule has 0 fully saturated rings. The van der Waals surface area contributed by atoms with Gasteiger partial charge in [0.1, 0.15) is 5.82 Å². The molecule has 1 aromatic heterocycles. The summed E-state index contributed by atoms with van der Waals surface area (Å²) in [7, 11) is 0. The van der Waals surface area contributed by atoms with Crippen LogP contribution in [0.5, 0.6) is 0 Å². The van der Waals surface area contributed by atoms with Gasteiger partial charge in [-0.05, 0) is 32.4 Å². The summed E-state index contributed by atoms with van der Waals surface area (Å²) in [5.41, 5.74) is 3.70. The van der Waals surface area contributed by atoms with Crippen LogP contribution in [0.1, 0.15) is 18.3 Å². The predicted molar refractivity (Wildman–Crippen MR) is 54.9 cm³/mol. The molecule has 0 aliphatic rings. The van der Waals surface area contributed by atoms with Crippen LogP contribution < -0.4 is 0 Å². The fourth-order valence-electron chi connectivity index (χ4n) is 1.87. The minimum atomic E-state index is 0.993. The van der Waals surface area contributed by atoms with E-state index in [1.54, 1.807) is 0 Å². The van der Waals surface area contributed by atoms with Crippen LogP contribution >= 0.6 is 0 Å². The first-order valence-electron chi connectivity index (χ1n) is 4.66. The van der Waals surface area contributed by atoms with Gasteiger partial charge in [0.2, 0.25) is 0 Å². The van der Waals surface area contributed by atoms with Gasteiger partial charge in [-0.15, -0.1) is 0 Å². The van der Waals surface area contributed by atoms with E-state index in [1.807, 2.05) is 0 Å². The summed E-state index contributed by atoms with van der Waals surface area (Å²) in [6.45, 7) is 7.34. The van der Waals surface area contributed by atoms with Gasteiger partial charge in [0, 0.05) is 6.54 Å². The van der Waals surface area contributed by atoms with E-state index in [2.05, 4.69) is 48.5 Å². The molecular weight excluding hydrogens is 160 g/mol. The van der Waals surface area contributed by atoms with Gasteiger partial charge < -0.3 is 4.57 Å². The molecule has 0 N–H and O–H groups in total. The minimum Gasteiger partial charge on any atom is -0.328 e. The molecule has 0 aliphatic heterocycles. The molecule has 0 aliphatic carbocycles. The molecule has 0 radical (unpaired) electrons. The third-order valence-electron chi connectivity index (χ3n) is 2.48. The summed E-state index contributed by atoms with van der Waals surface area (Å²) >= 11 is 0. The molecule has 1 heterocycles. The van der Waals surface area contributed by atoms with E-state index >= 15 is 0 Å². The number of benzene rings is 1. The quantitative estimate of drug-likeness (QED) is 0.650. The van der Waals surface area contributed by atoms with Gasteiger partial charge >= 0.3 is 0 Å². The maximum absolute atomic E-state index is 4.51. The van der Waals surface area contributed by atoms with E-state index in [1.165, 1.54) is 11.1 Å². The first-order chi connectivity index (χ1) is 6.24. The van der Waals surface area contributed by atoms with E-state index in [0.29, 0.717) is 0 Å². The molecule has 68 valence electrons. The molecule has 0 saturated carbocycles. The Labute approximate surface area is 78.2 Å². The Bertz CT molecular complexity index is 441. The molecule has 2 rings (SSSR count). The van der Waals surface area contributed by atoms with Crippen LogP contribution in [0, 0.1) is 13.8 Å². The average Bonchev–Trinajstić information content (AvgIpc) is 2.42. The molecule has 0 unspecified atom stereocenters. The number of aromatic nitrogens is 2. The summed E-state index contributed by atoms with van der Waals surface area (Å²) in [5, 5.41) is 0. The van der Waals surface area contributed by atoms with Crippen molar-refractivity contribution in [1.82, 2.24) is 9.55 Å². The number of para-hydroxylation sites is 1. The molecule has 2 aromatic rings. The lowest BCUT2D eigenvalue weighted by Gasteiger charge is -2.03. The van der Waals surface area contributed by atoms with Gasteiger partial charge in [-0.2, -0.15) is 0 Å². The second-order valence-corrected chi connectivity index (χ2v) is 3.35. The van der Waals surface area contributed by atoms with Gasteiger partial charge in [-0.25, -0.2) is 4.98 Å². The minimum absolute atomic E-state index is 0.993. The Balaban J connectivity index is 2.88. The summed E-state index contributed by atoms with van der Waals surface area (Å²) in [5.74, 6) is 1.10. The molecule has 0 bridgehead atoms. The lowest BCUT2D eigenvalue weighted by molar-refractivity contribution is 0.752. The normalized spacial score (nSPS) is 11.0. The zero-order valence-corrected chi connectivity index (χ0v) is 8.33. The van der Waals surface area contributed by atoms with E-state index in [4.69, 9.17) is 0 Å². The number of hydrogen-bond acceptors (Lipinski definition) is 1. The van der Waals surface area contributed by atoms with Crippen LogP contribution in [-0.2, 0) is 6.54 Å². The van der Waals surface area contributed by atoms with Gasteiger partial charge in [0.15, 0.2) is 0 Å². The topological polar surface area (TPSA) is 17.8 Å². The van der Waals surface area contributed by atoms with Crippen molar-refractivity contribution in [2.75, 3.05) is 0 Å². The molecule has 0 amide bonds. The van der Waals surface area contributed by atoms with Crippen molar-refractivity contribution in [2.45, 2.75) is 27.3 Å². The number of aryl methyl sites for hydroxylation is 3. The first-order valence-corrected chi connectivity index (χ1v) is 4.66. The average molecular weight is 174 g/mol. The molecular formula is C11H14N2. The fraction of sp³-hybridized carbons (Fsp3) is 0.364. The summed E-state index contributed by atoms with van der Waals surface area (Å²) in [6, 6.07) is 6.27. The van der Waals surface area contributed by atoms with Gasteiger partial charge in [0.25, 0.3) is 0 Å². The third-order valence-corrected chi connectivity index (χ3v) is 2.48. The third kappa shape index (κ3) is 1.13. The lowest BCUT2D eigenvalue weighted by Crippen LogP contribution is -1.97. The fourth-order valence-corrected chi connectivity index (χ4v) is 1.87. The Morgan fingerprint density at radius 1 is 1.31 bits per heavy atom. The van der Waals surface area contributed by atoms with Crippen molar-refractivity contribution in [3.63, 3.8) is 0 Å². The highest BCUT2D eigenvalue weighted by Gasteiger charge is 2.06. The van der Waals surface area contributed by atoms with Crippen molar-refractivity contribution in [1.29, 1.82) is 0 Å². The zero-order valence-electron chi connectivity index (χ0n) is 8.33. The Kier molecular flexibility index (Phi) is 1.83. The highest BCUT2D eigenvalue weighted by Crippen LogP contribution is 2.19. The summed E-state index contributed by atoms with van der Waals surface area (Å²) < 4.78 is 2.25. The lowest BCUT2D eigenvalue weighted by atomic mass is 10.2. The molecule has 13 heavy (non-hydrogen) atoms. The summed E-state index contributed by atoms with van der Waals surface area (Å²) in [6.07, 6.45) is 0. The van der Waals surface area contributed by atoms with E-state index in [0.717, 1.165) is 17.9 Å². The number of rotatable bonds is 1. The predicted octanol–water partition coefficient (Wildman–Crippen LogP) is 2.67. The molecule has 2 nitrogen and oxygen atoms in total. The molecule has 0 saturated heterocycles. The van der Waals surface area contributed by atoms with E-state index in [-0.39, 0.29) is 0 Å². The van der Waals surface area contributed by atoms with Crippen LogP contribution in [0.25, 0.3) is 11.0 Å². The second-order valence-electron chi connectivity index (χ2n) is 3.35. The Morgan fingerprint density at radius 3 is 2.77 bits per heavy atom. The van der Waals surface area contributed by atoms with Crippen LogP contribution in [0.3, 0.4) is 0 Å². The van der Waals surface area contributed by atoms with Crippen LogP contribution in [0.2, 0.25) is 0 Å². The molecule has 0 atom stereocenters. The van der Waals surface area contributed by atoms with Crippen molar-refractivity contribution < 1.29 is 0 Å². The number of nitrogens with zero attached hydrogens (tertiary/aromatic N) is 2. The smallest absolute Gasteiger partial charge is 0.106 e. The van der Waals surface area contributed by atoms with Crippen molar-refractivity contribution in [2.24, 2.45) is 0 Å². The van der Waals surface area contributed by atoms with E-state index in [9.17, 15) is 0 Å². The Hall–Kier alpha value is -1.31. The maximum Gasteiger partial charge on any atom is 0.106 e. The number of fused-ring (bicyclic) bond motifs is 1. The molecule has 1 aromatic carbocycles. The molecule has 2 heteroatoms. The van der Waals surface area contributed by atoms with Crippen molar-refractivity contribution in [3.8, 4) is 0 Å². The van der Waals surface area contributed by atoms with Crippen molar-refractivity contribution >= 4 is 11.0 Å². The van der Waals surface area contributed by atoms with Crippen molar-refractivity contribution in [3.05, 3.63) is 29.6 Å². The maximum atomic E-state index is 4.51. The first kappa shape index (κ1) is 8.30. The van der Waals surface area contributed by atoms with E-state index < -0.39 is 0 Å². The number of hydrogen-bond donors (Lipinski definition) is 0. The highest BCUT2D eigenvalue weighted by molar-refractivity contribution is 5.79.